The third-order valence-electron chi connectivity index (χ3n) is 2.73. The predicted molar refractivity (Wildman–Crippen MR) is 76.0 cm³/mol. The van der Waals surface area contributed by atoms with Gasteiger partial charge >= 0.3 is 6.03 Å². The van der Waals surface area contributed by atoms with E-state index < -0.39 is 5.91 Å². The van der Waals surface area contributed by atoms with Gasteiger partial charge in [0.1, 0.15) is 0 Å². The fraction of sp³-hybridized carbons (Fsp3) is 0.333. The average molecular weight is 304 g/mol. The highest BCUT2D eigenvalue weighted by atomic mass is 35.5. The molecule has 0 atom stereocenters. The summed E-state index contributed by atoms with van der Waals surface area (Å²) in [4.78, 5) is 25.2. The highest BCUT2D eigenvalue weighted by molar-refractivity contribution is 6.30. The molecular formula is C12H15Cl2N3O2. The average Bonchev–Trinajstić information content (AvgIpc) is 2.40. The first-order valence-electron chi connectivity index (χ1n) is 5.73. The van der Waals surface area contributed by atoms with Crippen molar-refractivity contribution in [3.05, 3.63) is 34.9 Å². The second-order valence-corrected chi connectivity index (χ2v) is 4.44. The number of rotatable bonds is 1. The van der Waals surface area contributed by atoms with Crippen LogP contribution in [0.3, 0.4) is 0 Å². The first kappa shape index (κ1) is 15.8. The molecule has 19 heavy (non-hydrogen) atoms. The lowest BCUT2D eigenvalue weighted by Crippen LogP contribution is -2.51. The van der Waals surface area contributed by atoms with Crippen molar-refractivity contribution in [1.82, 2.24) is 15.5 Å². The van der Waals surface area contributed by atoms with Crippen LogP contribution in [-0.4, -0.2) is 43.0 Å². The monoisotopic (exact) mass is 303 g/mol. The topological polar surface area (TPSA) is 61.4 Å². The summed E-state index contributed by atoms with van der Waals surface area (Å²) in [6, 6.07) is 6.06. The third-order valence-corrected chi connectivity index (χ3v) is 2.98. The summed E-state index contributed by atoms with van der Waals surface area (Å²) in [5.41, 5.74) is 0.419. The Kier molecular flexibility index (Phi) is 6.08. The summed E-state index contributed by atoms with van der Waals surface area (Å²) in [5.74, 6) is -0.407. The van der Waals surface area contributed by atoms with Crippen molar-refractivity contribution < 1.29 is 9.59 Å². The van der Waals surface area contributed by atoms with Gasteiger partial charge in [0.05, 0.1) is 0 Å². The molecule has 0 unspecified atom stereocenters. The molecule has 1 aromatic rings. The molecule has 0 bridgehead atoms. The van der Waals surface area contributed by atoms with Crippen molar-refractivity contribution in [2.75, 3.05) is 26.2 Å². The van der Waals surface area contributed by atoms with Crippen molar-refractivity contribution in [1.29, 1.82) is 0 Å². The van der Waals surface area contributed by atoms with Crippen LogP contribution >= 0.6 is 24.0 Å². The maximum Gasteiger partial charge on any atom is 0.324 e. The number of halogens is 2. The molecule has 1 saturated heterocycles. The number of urea groups is 1. The number of carbonyl (C=O) groups excluding carboxylic acids is 2. The van der Waals surface area contributed by atoms with Gasteiger partial charge in [0.25, 0.3) is 5.91 Å². The Labute approximate surface area is 122 Å². The molecule has 0 aliphatic carbocycles. The molecule has 1 fully saturated rings. The molecule has 1 aromatic carbocycles. The molecule has 1 heterocycles. The third kappa shape index (κ3) is 4.38. The molecule has 1 aliphatic heterocycles. The van der Waals surface area contributed by atoms with Gasteiger partial charge in [0, 0.05) is 36.8 Å². The summed E-state index contributed by atoms with van der Waals surface area (Å²) in [7, 11) is 0. The van der Waals surface area contributed by atoms with Crippen molar-refractivity contribution in [2.24, 2.45) is 0 Å². The number of nitrogens with zero attached hydrogens (tertiary/aromatic N) is 1. The Hall–Kier alpha value is -1.30. The zero-order valence-electron chi connectivity index (χ0n) is 10.2. The predicted octanol–water partition coefficient (Wildman–Crippen LogP) is 1.52. The molecule has 0 saturated carbocycles. The smallest absolute Gasteiger partial charge is 0.322 e. The number of piperazine rings is 1. The fourth-order valence-corrected chi connectivity index (χ4v) is 1.84. The molecule has 2 N–H and O–H groups in total. The zero-order valence-corrected chi connectivity index (χ0v) is 11.8. The molecule has 0 radical (unpaired) electrons. The van der Waals surface area contributed by atoms with Crippen LogP contribution < -0.4 is 10.6 Å². The molecule has 104 valence electrons. The van der Waals surface area contributed by atoms with Gasteiger partial charge in [0.15, 0.2) is 0 Å². The number of benzene rings is 1. The summed E-state index contributed by atoms with van der Waals surface area (Å²) in [5, 5.41) is 6.06. The molecule has 0 spiro atoms. The number of nitrogens with one attached hydrogen (secondary N) is 2. The van der Waals surface area contributed by atoms with Crippen LogP contribution in [0.5, 0.6) is 0 Å². The van der Waals surface area contributed by atoms with Crippen molar-refractivity contribution in [3.63, 3.8) is 0 Å². The number of carbonyl (C=O) groups is 2. The van der Waals surface area contributed by atoms with Crippen LogP contribution in [0.1, 0.15) is 10.4 Å². The van der Waals surface area contributed by atoms with Gasteiger partial charge in [-0.2, -0.15) is 0 Å². The first-order chi connectivity index (χ1) is 8.66. The van der Waals surface area contributed by atoms with Crippen LogP contribution in [0.4, 0.5) is 4.79 Å². The molecule has 7 heteroatoms. The number of hydrogen-bond acceptors (Lipinski definition) is 3. The van der Waals surface area contributed by atoms with Gasteiger partial charge in [-0.3, -0.25) is 10.1 Å². The molecular weight excluding hydrogens is 289 g/mol. The maximum atomic E-state index is 11.8. The van der Waals surface area contributed by atoms with Crippen LogP contribution in [-0.2, 0) is 0 Å². The van der Waals surface area contributed by atoms with Gasteiger partial charge in [0.2, 0.25) is 0 Å². The Balaban J connectivity index is 0.00000180. The molecule has 3 amide bonds. The first-order valence-corrected chi connectivity index (χ1v) is 6.11. The Morgan fingerprint density at radius 2 is 1.74 bits per heavy atom. The number of amides is 3. The van der Waals surface area contributed by atoms with Crippen molar-refractivity contribution in [3.8, 4) is 0 Å². The fourth-order valence-electron chi connectivity index (χ4n) is 1.72. The van der Waals surface area contributed by atoms with Crippen molar-refractivity contribution >= 4 is 35.9 Å². The summed E-state index contributed by atoms with van der Waals surface area (Å²) in [6.07, 6.45) is 0. The zero-order chi connectivity index (χ0) is 13.0. The van der Waals surface area contributed by atoms with E-state index in [4.69, 9.17) is 11.6 Å². The Bertz CT molecular complexity index is 445. The van der Waals surface area contributed by atoms with Gasteiger partial charge < -0.3 is 10.2 Å². The van der Waals surface area contributed by atoms with E-state index in [0.717, 1.165) is 13.1 Å². The minimum Gasteiger partial charge on any atom is -0.322 e. The number of imide groups is 1. The van der Waals surface area contributed by atoms with E-state index in [2.05, 4.69) is 10.6 Å². The largest absolute Gasteiger partial charge is 0.324 e. The van der Waals surface area contributed by atoms with Crippen LogP contribution in [0.25, 0.3) is 0 Å². The van der Waals surface area contributed by atoms with Crippen molar-refractivity contribution in [2.45, 2.75) is 0 Å². The lowest BCUT2D eigenvalue weighted by atomic mass is 10.2. The van der Waals surface area contributed by atoms with E-state index >= 15 is 0 Å². The lowest BCUT2D eigenvalue weighted by Gasteiger charge is -2.27. The van der Waals surface area contributed by atoms with Crippen LogP contribution in [0.15, 0.2) is 24.3 Å². The SMILES string of the molecule is Cl.O=C(NC(=O)N1CCNCC1)c1ccc(Cl)cc1. The second kappa shape index (κ2) is 7.33. The highest BCUT2D eigenvalue weighted by Gasteiger charge is 2.18. The van der Waals surface area contributed by atoms with E-state index in [-0.39, 0.29) is 18.4 Å². The minimum atomic E-state index is -0.407. The second-order valence-electron chi connectivity index (χ2n) is 4.00. The van der Waals surface area contributed by atoms with E-state index in [9.17, 15) is 9.59 Å². The quantitative estimate of drug-likeness (QED) is 0.827. The maximum absolute atomic E-state index is 11.8. The van der Waals surface area contributed by atoms with E-state index in [1.807, 2.05) is 0 Å². The van der Waals surface area contributed by atoms with E-state index in [1.54, 1.807) is 29.2 Å². The van der Waals surface area contributed by atoms with Gasteiger partial charge in [-0.1, -0.05) is 11.6 Å². The Morgan fingerprint density at radius 1 is 1.16 bits per heavy atom. The highest BCUT2D eigenvalue weighted by Crippen LogP contribution is 2.09. The lowest BCUT2D eigenvalue weighted by molar-refractivity contribution is 0.0950. The van der Waals surface area contributed by atoms with Gasteiger partial charge in [-0.15, -0.1) is 12.4 Å². The van der Waals surface area contributed by atoms with Crippen LogP contribution in [0.2, 0.25) is 5.02 Å². The molecule has 1 aliphatic rings. The molecule has 2 rings (SSSR count). The minimum absolute atomic E-state index is 0. The molecule has 5 nitrogen and oxygen atoms in total. The van der Waals surface area contributed by atoms with Gasteiger partial charge in [-0.05, 0) is 24.3 Å². The van der Waals surface area contributed by atoms with E-state index in [1.165, 1.54) is 0 Å². The van der Waals surface area contributed by atoms with Crippen LogP contribution in [0, 0.1) is 0 Å². The van der Waals surface area contributed by atoms with E-state index in [0.29, 0.717) is 23.7 Å². The summed E-state index contributed by atoms with van der Waals surface area (Å²) in [6.45, 7) is 2.73. The summed E-state index contributed by atoms with van der Waals surface area (Å²) >= 11 is 5.73. The molecule has 0 aromatic heterocycles. The normalized spacial score (nSPS) is 14.5. The summed E-state index contributed by atoms with van der Waals surface area (Å²) < 4.78 is 0. The van der Waals surface area contributed by atoms with Gasteiger partial charge in [-0.25, -0.2) is 4.79 Å². The number of hydrogen-bond donors (Lipinski definition) is 2. The Morgan fingerprint density at radius 3 is 2.32 bits per heavy atom. The standard InChI is InChI=1S/C12H14ClN3O2.ClH/c13-10-3-1-9(2-4-10)11(17)15-12(18)16-7-5-14-6-8-16;/h1-4,14H,5-8H2,(H,15,17,18);1H.